The second-order valence-corrected chi connectivity index (χ2v) is 8.01. The summed E-state index contributed by atoms with van der Waals surface area (Å²) in [5, 5.41) is 8.72. The molecule has 0 aliphatic heterocycles. The number of aromatic nitrogens is 3. The van der Waals surface area contributed by atoms with E-state index in [2.05, 4.69) is 15.4 Å². The molecule has 2 aromatic heterocycles. The van der Waals surface area contributed by atoms with Crippen molar-refractivity contribution in [3.8, 4) is 17.0 Å². The largest absolute Gasteiger partial charge is 0.497 e. The van der Waals surface area contributed by atoms with Crippen molar-refractivity contribution in [2.24, 2.45) is 0 Å². The molecule has 8 heteroatoms. The van der Waals surface area contributed by atoms with E-state index in [4.69, 9.17) is 16.3 Å². The molecule has 0 radical (unpaired) electrons. The van der Waals surface area contributed by atoms with Crippen molar-refractivity contribution in [1.82, 2.24) is 14.6 Å². The lowest BCUT2D eigenvalue weighted by Crippen LogP contribution is -2.14. The standard InChI is InChI=1S/C22H19ClN4O2S/c1-14-3-8-18(17(23)11-14)25-21(28)13-30-22-20-12-19(26-27(20)10-9-24-22)15-4-6-16(29-2)7-5-15/h3-12H,13H2,1-2H3,(H,25,28). The molecule has 0 aliphatic rings. The number of halogens is 1. The first-order valence-corrected chi connectivity index (χ1v) is 10.6. The van der Waals surface area contributed by atoms with Gasteiger partial charge in [0.05, 0.1) is 34.8 Å². The van der Waals surface area contributed by atoms with Gasteiger partial charge in [0.25, 0.3) is 0 Å². The number of carbonyl (C=O) groups is 1. The van der Waals surface area contributed by atoms with Gasteiger partial charge in [-0.05, 0) is 55.0 Å². The van der Waals surface area contributed by atoms with E-state index in [0.717, 1.165) is 33.1 Å². The zero-order valence-corrected chi connectivity index (χ0v) is 18.0. The molecular formula is C22H19ClN4O2S. The fraction of sp³-hybridized carbons (Fsp3) is 0.136. The number of ether oxygens (including phenoxy) is 1. The fourth-order valence-corrected chi connectivity index (χ4v) is 4.01. The van der Waals surface area contributed by atoms with Gasteiger partial charge in [0.15, 0.2) is 0 Å². The average molecular weight is 439 g/mol. The van der Waals surface area contributed by atoms with Crippen LogP contribution in [0.3, 0.4) is 0 Å². The van der Waals surface area contributed by atoms with E-state index in [-0.39, 0.29) is 11.7 Å². The molecule has 4 aromatic rings. The monoisotopic (exact) mass is 438 g/mol. The van der Waals surface area contributed by atoms with Crippen LogP contribution in [0.5, 0.6) is 5.75 Å². The molecule has 2 heterocycles. The Hall–Kier alpha value is -3.03. The number of aryl methyl sites for hydroxylation is 1. The van der Waals surface area contributed by atoms with E-state index >= 15 is 0 Å². The number of benzene rings is 2. The fourth-order valence-electron chi connectivity index (χ4n) is 2.95. The Morgan fingerprint density at radius 2 is 2.00 bits per heavy atom. The first kappa shape index (κ1) is 20.3. The van der Waals surface area contributed by atoms with E-state index in [0.29, 0.717) is 10.7 Å². The Bertz CT molecular complexity index is 1210. The predicted octanol–water partition coefficient (Wildman–Crippen LogP) is 5.10. The first-order valence-electron chi connectivity index (χ1n) is 9.21. The molecule has 1 amide bonds. The van der Waals surface area contributed by atoms with E-state index in [1.54, 1.807) is 30.1 Å². The van der Waals surface area contributed by atoms with Crippen molar-refractivity contribution < 1.29 is 9.53 Å². The van der Waals surface area contributed by atoms with Gasteiger partial charge in [-0.15, -0.1) is 0 Å². The molecule has 0 saturated heterocycles. The van der Waals surface area contributed by atoms with Crippen molar-refractivity contribution in [2.75, 3.05) is 18.2 Å². The number of fused-ring (bicyclic) bond motifs is 1. The van der Waals surface area contributed by atoms with Crippen LogP contribution < -0.4 is 10.1 Å². The Labute approximate surface area is 183 Å². The maximum Gasteiger partial charge on any atom is 0.234 e. The first-order chi connectivity index (χ1) is 14.5. The average Bonchev–Trinajstić information content (AvgIpc) is 3.19. The minimum atomic E-state index is -0.149. The summed E-state index contributed by atoms with van der Waals surface area (Å²) in [4.78, 5) is 16.8. The lowest BCUT2D eigenvalue weighted by molar-refractivity contribution is -0.113. The molecule has 4 rings (SSSR count). The lowest BCUT2D eigenvalue weighted by Gasteiger charge is -2.08. The van der Waals surface area contributed by atoms with Crippen LogP contribution in [0, 0.1) is 6.92 Å². The van der Waals surface area contributed by atoms with Crippen molar-refractivity contribution in [3.63, 3.8) is 0 Å². The van der Waals surface area contributed by atoms with Gasteiger partial charge in [-0.25, -0.2) is 9.50 Å². The Morgan fingerprint density at radius 1 is 1.20 bits per heavy atom. The third kappa shape index (κ3) is 4.42. The third-order valence-electron chi connectivity index (χ3n) is 4.48. The second-order valence-electron chi connectivity index (χ2n) is 6.64. The van der Waals surface area contributed by atoms with Crippen LogP contribution in [-0.2, 0) is 4.79 Å². The Morgan fingerprint density at radius 3 is 2.73 bits per heavy atom. The minimum Gasteiger partial charge on any atom is -0.497 e. The summed E-state index contributed by atoms with van der Waals surface area (Å²) in [5.74, 6) is 0.851. The van der Waals surface area contributed by atoms with Gasteiger partial charge in [-0.3, -0.25) is 4.79 Å². The molecule has 2 aromatic carbocycles. The van der Waals surface area contributed by atoms with E-state index in [9.17, 15) is 4.79 Å². The van der Waals surface area contributed by atoms with Crippen molar-refractivity contribution in [2.45, 2.75) is 11.9 Å². The molecule has 6 nitrogen and oxygen atoms in total. The number of amides is 1. The van der Waals surface area contributed by atoms with Gasteiger partial charge in [-0.2, -0.15) is 5.10 Å². The van der Waals surface area contributed by atoms with E-state index in [1.165, 1.54) is 11.8 Å². The maximum absolute atomic E-state index is 12.4. The van der Waals surface area contributed by atoms with Crippen LogP contribution in [0.25, 0.3) is 16.8 Å². The lowest BCUT2D eigenvalue weighted by atomic mass is 10.1. The summed E-state index contributed by atoms with van der Waals surface area (Å²) in [7, 11) is 1.64. The molecule has 0 spiro atoms. The predicted molar refractivity (Wildman–Crippen MR) is 121 cm³/mol. The Kier molecular flexibility index (Phi) is 5.92. The molecule has 0 atom stereocenters. The molecule has 0 unspecified atom stereocenters. The number of rotatable bonds is 6. The number of anilines is 1. The topological polar surface area (TPSA) is 68.5 Å². The van der Waals surface area contributed by atoms with E-state index < -0.39 is 0 Å². The molecule has 30 heavy (non-hydrogen) atoms. The molecule has 0 aliphatic carbocycles. The molecule has 0 bridgehead atoms. The van der Waals surface area contributed by atoms with Gasteiger partial charge in [0, 0.05) is 18.0 Å². The van der Waals surface area contributed by atoms with Gasteiger partial charge >= 0.3 is 0 Å². The summed E-state index contributed by atoms with van der Waals surface area (Å²) in [6.07, 6.45) is 3.47. The van der Waals surface area contributed by atoms with Crippen LogP contribution >= 0.6 is 23.4 Å². The zero-order valence-electron chi connectivity index (χ0n) is 16.4. The van der Waals surface area contributed by atoms with Crippen molar-refractivity contribution >= 4 is 40.5 Å². The smallest absolute Gasteiger partial charge is 0.234 e. The van der Waals surface area contributed by atoms with Crippen LogP contribution in [0.2, 0.25) is 5.02 Å². The summed E-state index contributed by atoms with van der Waals surface area (Å²) in [6, 6.07) is 15.2. The third-order valence-corrected chi connectivity index (χ3v) is 5.79. The molecular weight excluding hydrogens is 420 g/mol. The highest BCUT2D eigenvalue weighted by Gasteiger charge is 2.12. The van der Waals surface area contributed by atoms with Crippen LogP contribution in [0.4, 0.5) is 5.69 Å². The molecule has 0 fully saturated rings. The van der Waals surface area contributed by atoms with Crippen LogP contribution in [0.1, 0.15) is 5.56 Å². The van der Waals surface area contributed by atoms with Gasteiger partial charge in [0.2, 0.25) is 5.91 Å². The second kappa shape index (κ2) is 8.77. The normalized spacial score (nSPS) is 10.9. The highest BCUT2D eigenvalue weighted by atomic mass is 35.5. The van der Waals surface area contributed by atoms with Crippen LogP contribution in [0.15, 0.2) is 66.0 Å². The zero-order chi connectivity index (χ0) is 21.1. The summed E-state index contributed by atoms with van der Waals surface area (Å²) < 4.78 is 6.98. The molecule has 1 N–H and O–H groups in total. The molecule has 0 saturated carbocycles. The van der Waals surface area contributed by atoms with Gasteiger partial charge in [-0.1, -0.05) is 29.4 Å². The van der Waals surface area contributed by atoms with Crippen LogP contribution in [-0.4, -0.2) is 33.4 Å². The number of methoxy groups -OCH3 is 1. The number of nitrogens with one attached hydrogen (secondary N) is 1. The minimum absolute atomic E-state index is 0.149. The number of nitrogens with zero attached hydrogens (tertiary/aromatic N) is 3. The maximum atomic E-state index is 12.4. The number of hydrogen-bond donors (Lipinski definition) is 1. The van der Waals surface area contributed by atoms with Gasteiger partial charge in [0.1, 0.15) is 10.8 Å². The summed E-state index contributed by atoms with van der Waals surface area (Å²) >= 11 is 7.55. The SMILES string of the molecule is COc1ccc(-c2cc3c(SCC(=O)Nc4ccc(C)cc4Cl)nccn3n2)cc1. The molecule has 152 valence electrons. The quantitative estimate of drug-likeness (QED) is 0.424. The number of carbonyl (C=O) groups excluding carboxylic acids is 1. The summed E-state index contributed by atoms with van der Waals surface area (Å²) in [6.45, 7) is 1.95. The van der Waals surface area contributed by atoms with Crippen molar-refractivity contribution in [1.29, 1.82) is 0 Å². The number of thioether (sulfide) groups is 1. The number of hydrogen-bond acceptors (Lipinski definition) is 5. The van der Waals surface area contributed by atoms with Crippen molar-refractivity contribution in [3.05, 3.63) is 71.5 Å². The highest BCUT2D eigenvalue weighted by Crippen LogP contribution is 2.28. The Balaban J connectivity index is 1.50. The van der Waals surface area contributed by atoms with Gasteiger partial charge < -0.3 is 10.1 Å². The summed E-state index contributed by atoms with van der Waals surface area (Å²) in [5.41, 5.74) is 4.28. The highest BCUT2D eigenvalue weighted by molar-refractivity contribution is 8.00. The van der Waals surface area contributed by atoms with E-state index in [1.807, 2.05) is 49.4 Å².